The number of nitrogens with two attached hydrogens (primary N) is 1. The van der Waals surface area contributed by atoms with Crippen LogP contribution in [-0.4, -0.2) is 56.9 Å². The van der Waals surface area contributed by atoms with Gasteiger partial charge in [-0.05, 0) is 40.5 Å². The summed E-state index contributed by atoms with van der Waals surface area (Å²) < 4.78 is 11.7. The lowest BCUT2D eigenvalue weighted by atomic mass is 10.2. The Kier molecular flexibility index (Phi) is 7.57. The van der Waals surface area contributed by atoms with Crippen LogP contribution in [0.4, 0.5) is 16.6 Å². The number of fused-ring (bicyclic) bond motifs is 1. The zero-order valence-corrected chi connectivity index (χ0v) is 17.3. The fourth-order valence-electron chi connectivity index (χ4n) is 2.46. The molecule has 2 heterocycles. The molecule has 0 spiro atoms. The molecule has 0 fully saturated rings. The number of amides is 1. The minimum absolute atomic E-state index is 0.00340. The Bertz CT molecular complexity index is 845. The van der Waals surface area contributed by atoms with Gasteiger partial charge in [0.15, 0.2) is 11.5 Å². The van der Waals surface area contributed by atoms with Gasteiger partial charge in [0, 0.05) is 13.1 Å². The summed E-state index contributed by atoms with van der Waals surface area (Å²) in [5.74, 6) is 0.198. The molecule has 0 saturated heterocycles. The molecule has 1 amide bonds. The predicted molar refractivity (Wildman–Crippen MR) is 108 cm³/mol. The van der Waals surface area contributed by atoms with Crippen LogP contribution in [0.5, 0.6) is 0 Å². The molecule has 11 heteroatoms. The molecule has 0 bridgehead atoms. The SMILES string of the molecule is CCOC(=O)Cn1cnc2c(N)nc(NCCCCNC(=O)OC(C)(C)C)nc21. The Morgan fingerprint density at radius 2 is 1.93 bits per heavy atom. The second-order valence-corrected chi connectivity index (χ2v) is 7.34. The number of ether oxygens (including phenoxy) is 2. The summed E-state index contributed by atoms with van der Waals surface area (Å²) in [7, 11) is 0. The molecule has 0 aromatic carbocycles. The first-order valence-electron chi connectivity index (χ1n) is 9.54. The number of nitrogens with zero attached hydrogens (tertiary/aromatic N) is 4. The standard InChI is InChI=1S/C18H29N7O4/c1-5-28-12(26)10-25-11-22-13-14(19)23-16(24-15(13)25)20-8-6-7-9-21-17(27)29-18(2,3)4/h11H,5-10H2,1-4H3,(H,21,27)(H3,19,20,23,24). The van der Waals surface area contributed by atoms with E-state index in [0.29, 0.717) is 36.8 Å². The van der Waals surface area contributed by atoms with Crippen molar-refractivity contribution < 1.29 is 19.1 Å². The monoisotopic (exact) mass is 407 g/mol. The highest BCUT2D eigenvalue weighted by atomic mass is 16.6. The number of aromatic nitrogens is 4. The molecule has 0 aliphatic rings. The summed E-state index contributed by atoms with van der Waals surface area (Å²) in [5.41, 5.74) is 6.33. The molecule has 0 radical (unpaired) electrons. The first-order valence-corrected chi connectivity index (χ1v) is 9.54. The smallest absolute Gasteiger partial charge is 0.407 e. The number of nitrogens with one attached hydrogen (secondary N) is 2. The largest absolute Gasteiger partial charge is 0.465 e. The van der Waals surface area contributed by atoms with Gasteiger partial charge in [0.1, 0.15) is 17.7 Å². The second kappa shape index (κ2) is 9.89. The van der Waals surface area contributed by atoms with Gasteiger partial charge in [-0.2, -0.15) is 9.97 Å². The lowest BCUT2D eigenvalue weighted by molar-refractivity contribution is -0.143. The average molecular weight is 407 g/mol. The molecule has 160 valence electrons. The summed E-state index contributed by atoms with van der Waals surface area (Å²) in [6, 6.07) is 0. The van der Waals surface area contributed by atoms with Gasteiger partial charge in [0.25, 0.3) is 0 Å². The van der Waals surface area contributed by atoms with E-state index in [-0.39, 0.29) is 18.3 Å². The van der Waals surface area contributed by atoms with Crippen molar-refractivity contribution in [3.63, 3.8) is 0 Å². The van der Waals surface area contributed by atoms with Crippen molar-refractivity contribution in [2.24, 2.45) is 0 Å². The molecule has 2 aromatic heterocycles. The van der Waals surface area contributed by atoms with E-state index in [1.165, 1.54) is 6.33 Å². The van der Waals surface area contributed by atoms with Crippen LogP contribution in [0.15, 0.2) is 6.33 Å². The lowest BCUT2D eigenvalue weighted by Crippen LogP contribution is -2.33. The molecule has 29 heavy (non-hydrogen) atoms. The van der Waals surface area contributed by atoms with E-state index in [0.717, 1.165) is 12.8 Å². The highest BCUT2D eigenvalue weighted by Gasteiger charge is 2.16. The highest BCUT2D eigenvalue weighted by molar-refractivity contribution is 5.84. The normalized spacial score (nSPS) is 11.3. The van der Waals surface area contributed by atoms with Gasteiger partial charge in [-0.3, -0.25) is 4.79 Å². The third kappa shape index (κ3) is 7.09. The van der Waals surface area contributed by atoms with Gasteiger partial charge >= 0.3 is 12.1 Å². The third-order valence-electron chi connectivity index (χ3n) is 3.65. The molecule has 0 aliphatic carbocycles. The molecular formula is C18H29N7O4. The van der Waals surface area contributed by atoms with Gasteiger partial charge < -0.3 is 30.4 Å². The summed E-state index contributed by atoms with van der Waals surface area (Å²) in [6.45, 7) is 8.59. The van der Waals surface area contributed by atoms with Gasteiger partial charge in [0.2, 0.25) is 5.95 Å². The summed E-state index contributed by atoms with van der Waals surface area (Å²) in [6.07, 6.45) is 2.59. The van der Waals surface area contributed by atoms with Gasteiger partial charge in [0.05, 0.1) is 12.9 Å². The number of anilines is 2. The number of nitrogen functional groups attached to an aromatic ring is 1. The number of esters is 1. The number of hydrogen-bond acceptors (Lipinski definition) is 9. The van der Waals surface area contributed by atoms with Crippen LogP contribution >= 0.6 is 0 Å². The molecule has 2 aromatic rings. The van der Waals surface area contributed by atoms with E-state index in [1.807, 2.05) is 20.8 Å². The van der Waals surface area contributed by atoms with E-state index in [2.05, 4.69) is 25.6 Å². The molecule has 0 saturated carbocycles. The highest BCUT2D eigenvalue weighted by Crippen LogP contribution is 2.18. The maximum atomic E-state index is 11.7. The molecule has 0 aliphatic heterocycles. The van der Waals surface area contributed by atoms with Crippen molar-refractivity contribution in [1.29, 1.82) is 0 Å². The lowest BCUT2D eigenvalue weighted by Gasteiger charge is -2.19. The van der Waals surface area contributed by atoms with Crippen molar-refractivity contribution >= 4 is 35.0 Å². The van der Waals surface area contributed by atoms with Crippen LogP contribution in [0.3, 0.4) is 0 Å². The van der Waals surface area contributed by atoms with E-state index in [1.54, 1.807) is 11.5 Å². The first kappa shape index (κ1) is 22.2. The van der Waals surface area contributed by atoms with E-state index in [9.17, 15) is 9.59 Å². The molecule has 11 nitrogen and oxygen atoms in total. The summed E-state index contributed by atoms with van der Waals surface area (Å²) in [5, 5.41) is 5.80. The Labute approximate surface area is 169 Å². The van der Waals surface area contributed by atoms with Crippen LogP contribution < -0.4 is 16.4 Å². The number of unbranched alkanes of at least 4 members (excludes halogenated alkanes) is 1. The third-order valence-corrected chi connectivity index (χ3v) is 3.65. The van der Waals surface area contributed by atoms with Crippen molar-refractivity contribution in [2.45, 2.75) is 52.7 Å². The number of carbonyl (C=O) groups is 2. The summed E-state index contributed by atoms with van der Waals surface area (Å²) >= 11 is 0. The van der Waals surface area contributed by atoms with E-state index < -0.39 is 11.7 Å². The van der Waals surface area contributed by atoms with Gasteiger partial charge in [-0.15, -0.1) is 0 Å². The molecule has 0 atom stereocenters. The number of imidazole rings is 1. The van der Waals surface area contributed by atoms with Crippen LogP contribution in [0, 0.1) is 0 Å². The van der Waals surface area contributed by atoms with E-state index >= 15 is 0 Å². The predicted octanol–water partition coefficient (Wildman–Crippen LogP) is 1.69. The molecular weight excluding hydrogens is 378 g/mol. The van der Waals surface area contributed by atoms with Crippen molar-refractivity contribution in [3.05, 3.63) is 6.33 Å². The Morgan fingerprint density at radius 3 is 2.62 bits per heavy atom. The minimum Gasteiger partial charge on any atom is -0.465 e. The Hall–Kier alpha value is -3.11. The summed E-state index contributed by atoms with van der Waals surface area (Å²) in [4.78, 5) is 36.0. The maximum Gasteiger partial charge on any atom is 0.407 e. The van der Waals surface area contributed by atoms with Crippen molar-refractivity contribution in [1.82, 2.24) is 24.8 Å². The fraction of sp³-hybridized carbons (Fsp3) is 0.611. The van der Waals surface area contributed by atoms with Gasteiger partial charge in [-0.25, -0.2) is 9.78 Å². The van der Waals surface area contributed by atoms with Crippen molar-refractivity contribution in [2.75, 3.05) is 30.7 Å². The zero-order chi connectivity index (χ0) is 21.4. The van der Waals surface area contributed by atoms with Crippen LogP contribution in [0.2, 0.25) is 0 Å². The van der Waals surface area contributed by atoms with E-state index in [4.69, 9.17) is 15.2 Å². The molecule has 0 unspecified atom stereocenters. The molecule has 2 rings (SSSR count). The Morgan fingerprint density at radius 1 is 1.21 bits per heavy atom. The number of hydrogen-bond donors (Lipinski definition) is 3. The second-order valence-electron chi connectivity index (χ2n) is 7.34. The number of alkyl carbamates (subject to hydrolysis) is 1. The maximum absolute atomic E-state index is 11.7. The van der Waals surface area contributed by atoms with Crippen LogP contribution in [0.1, 0.15) is 40.5 Å². The average Bonchev–Trinajstić information content (AvgIpc) is 3.00. The first-order chi connectivity index (χ1) is 13.7. The van der Waals surface area contributed by atoms with Crippen LogP contribution in [0.25, 0.3) is 11.2 Å². The number of carbonyl (C=O) groups excluding carboxylic acids is 2. The Balaban J connectivity index is 1.84. The quantitative estimate of drug-likeness (QED) is 0.417. The van der Waals surface area contributed by atoms with Crippen molar-refractivity contribution in [3.8, 4) is 0 Å². The molecule has 4 N–H and O–H groups in total. The topological polar surface area (TPSA) is 146 Å². The minimum atomic E-state index is -0.513. The zero-order valence-electron chi connectivity index (χ0n) is 17.3. The van der Waals surface area contributed by atoms with Crippen LogP contribution in [-0.2, 0) is 20.8 Å². The van der Waals surface area contributed by atoms with Gasteiger partial charge in [-0.1, -0.05) is 0 Å². The number of rotatable bonds is 9. The fourth-order valence-corrected chi connectivity index (χ4v) is 2.46.